The molecular weight excluding hydrogens is 122 g/mol. The monoisotopic (exact) mass is 128 g/mol. The number of hydrogen-bond acceptors (Lipinski definition) is 4. The van der Waals surface area contributed by atoms with Crippen molar-refractivity contribution >= 4 is 0 Å². The van der Waals surface area contributed by atoms with Crippen molar-refractivity contribution in [1.82, 2.24) is 10.4 Å². The quantitative estimate of drug-likeness (QED) is 0.377. The predicted octanol–water partition coefficient (Wildman–Crippen LogP) is -0.642. The molecule has 5 heteroatoms. The van der Waals surface area contributed by atoms with Crippen LogP contribution in [0.25, 0.3) is 0 Å². The van der Waals surface area contributed by atoms with E-state index in [0.717, 1.165) is 0 Å². The van der Waals surface area contributed by atoms with Crippen LogP contribution in [0.5, 0.6) is 0 Å². The van der Waals surface area contributed by atoms with Crippen LogP contribution in [0.3, 0.4) is 0 Å². The first-order valence-corrected chi connectivity index (χ1v) is 2.44. The zero-order valence-corrected chi connectivity index (χ0v) is 4.92. The van der Waals surface area contributed by atoms with E-state index in [1.165, 1.54) is 5.01 Å². The highest BCUT2D eigenvalue weighted by Gasteiger charge is 2.21. The Morgan fingerprint density at radius 2 is 2.67 bits per heavy atom. The van der Waals surface area contributed by atoms with Crippen LogP contribution >= 0.6 is 0 Å². The standard InChI is InChI=1S/C4H6N3O2/c1-6-4(7(8)9)2-3-5-6/h5H,3H2,1H3. The fourth-order valence-electron chi connectivity index (χ4n) is 0.618. The summed E-state index contributed by atoms with van der Waals surface area (Å²) >= 11 is 0. The highest BCUT2D eigenvalue weighted by molar-refractivity contribution is 4.88. The molecule has 1 aliphatic rings. The molecule has 0 saturated heterocycles. The molecule has 0 fully saturated rings. The van der Waals surface area contributed by atoms with E-state index in [1.54, 1.807) is 7.05 Å². The molecule has 0 unspecified atom stereocenters. The highest BCUT2D eigenvalue weighted by atomic mass is 16.6. The van der Waals surface area contributed by atoms with Crippen LogP contribution < -0.4 is 5.43 Å². The number of hydrazine groups is 1. The highest BCUT2D eigenvalue weighted by Crippen LogP contribution is 2.01. The SMILES string of the molecule is CN1NC[C]=C1[N+](=O)[O-]. The maximum atomic E-state index is 10.0. The first-order chi connectivity index (χ1) is 4.22. The van der Waals surface area contributed by atoms with E-state index in [9.17, 15) is 10.1 Å². The van der Waals surface area contributed by atoms with Crippen LogP contribution in [0.1, 0.15) is 0 Å². The summed E-state index contributed by atoms with van der Waals surface area (Å²) in [5, 5.41) is 11.4. The number of rotatable bonds is 1. The first kappa shape index (κ1) is 6.03. The van der Waals surface area contributed by atoms with Crippen LogP contribution in [0, 0.1) is 16.2 Å². The van der Waals surface area contributed by atoms with Crippen LogP contribution in [0.4, 0.5) is 0 Å². The Morgan fingerprint density at radius 3 is 2.89 bits per heavy atom. The molecule has 49 valence electrons. The lowest BCUT2D eigenvalue weighted by molar-refractivity contribution is -0.446. The van der Waals surface area contributed by atoms with Gasteiger partial charge >= 0.3 is 5.82 Å². The van der Waals surface area contributed by atoms with Crippen LogP contribution in [-0.4, -0.2) is 23.5 Å². The summed E-state index contributed by atoms with van der Waals surface area (Å²) in [5.41, 5.74) is 2.69. The van der Waals surface area contributed by atoms with E-state index in [0.29, 0.717) is 6.54 Å². The minimum Gasteiger partial charge on any atom is -0.358 e. The molecule has 0 aromatic carbocycles. The predicted molar refractivity (Wildman–Crippen MR) is 29.5 cm³/mol. The topological polar surface area (TPSA) is 58.4 Å². The fraction of sp³-hybridized carbons (Fsp3) is 0.500. The number of nitrogens with one attached hydrogen (secondary N) is 1. The van der Waals surface area contributed by atoms with E-state index in [1.807, 2.05) is 0 Å². The first-order valence-electron chi connectivity index (χ1n) is 2.44. The van der Waals surface area contributed by atoms with E-state index in [4.69, 9.17) is 0 Å². The van der Waals surface area contributed by atoms with Gasteiger partial charge in [-0.1, -0.05) is 0 Å². The fourth-order valence-corrected chi connectivity index (χ4v) is 0.618. The van der Waals surface area contributed by atoms with Gasteiger partial charge in [-0.2, -0.15) is 10.4 Å². The summed E-state index contributed by atoms with van der Waals surface area (Å²) in [5.74, 6) is -0.00463. The molecule has 0 aliphatic carbocycles. The average molecular weight is 128 g/mol. The van der Waals surface area contributed by atoms with Gasteiger partial charge in [0.15, 0.2) is 0 Å². The van der Waals surface area contributed by atoms with Crippen LogP contribution in [-0.2, 0) is 0 Å². The molecule has 1 aliphatic heterocycles. The molecule has 0 saturated carbocycles. The summed E-state index contributed by atoms with van der Waals surface area (Å²) in [6.45, 7) is 0.423. The van der Waals surface area contributed by atoms with Gasteiger partial charge in [0.1, 0.15) is 0 Å². The Balaban J connectivity index is 2.68. The van der Waals surface area contributed by atoms with Gasteiger partial charge in [-0.05, 0) is 4.92 Å². The van der Waals surface area contributed by atoms with Gasteiger partial charge in [-0.3, -0.25) is 0 Å². The van der Waals surface area contributed by atoms with Crippen molar-refractivity contribution in [3.63, 3.8) is 0 Å². The summed E-state index contributed by atoms with van der Waals surface area (Å²) in [4.78, 5) is 9.56. The Labute approximate surface area is 52.1 Å². The third kappa shape index (κ3) is 0.996. The van der Waals surface area contributed by atoms with Gasteiger partial charge < -0.3 is 10.1 Å². The molecule has 1 radical (unpaired) electrons. The van der Waals surface area contributed by atoms with Crippen molar-refractivity contribution in [2.24, 2.45) is 0 Å². The van der Waals surface area contributed by atoms with Gasteiger partial charge in [-0.25, -0.2) is 0 Å². The lowest BCUT2D eigenvalue weighted by Gasteiger charge is -2.04. The third-order valence-corrected chi connectivity index (χ3v) is 1.05. The minimum atomic E-state index is -0.472. The smallest absolute Gasteiger partial charge is 0.341 e. The number of hydrogen-bond donors (Lipinski definition) is 1. The summed E-state index contributed by atoms with van der Waals surface area (Å²) in [6.07, 6.45) is 2.54. The van der Waals surface area contributed by atoms with Gasteiger partial charge in [0.25, 0.3) is 0 Å². The summed E-state index contributed by atoms with van der Waals surface area (Å²) < 4.78 is 0. The maximum Gasteiger partial charge on any atom is 0.341 e. The zero-order chi connectivity index (χ0) is 6.85. The van der Waals surface area contributed by atoms with Crippen molar-refractivity contribution in [3.05, 3.63) is 22.0 Å². The largest absolute Gasteiger partial charge is 0.358 e. The third-order valence-electron chi connectivity index (χ3n) is 1.05. The van der Waals surface area contributed by atoms with Gasteiger partial charge in [0.05, 0.1) is 19.7 Å². The molecule has 9 heavy (non-hydrogen) atoms. The normalized spacial score (nSPS) is 17.9. The second kappa shape index (κ2) is 2.02. The number of nitro groups is 1. The van der Waals surface area contributed by atoms with E-state index in [-0.39, 0.29) is 5.82 Å². The molecule has 1 N–H and O–H groups in total. The Bertz CT molecular complexity index is 165. The molecule has 0 aromatic rings. The van der Waals surface area contributed by atoms with E-state index < -0.39 is 4.92 Å². The Morgan fingerprint density at radius 1 is 2.00 bits per heavy atom. The van der Waals surface area contributed by atoms with Crippen LogP contribution in [0.2, 0.25) is 0 Å². The van der Waals surface area contributed by atoms with Crippen molar-refractivity contribution in [1.29, 1.82) is 0 Å². The second-order valence-electron chi connectivity index (χ2n) is 1.65. The molecule has 0 aromatic heterocycles. The second-order valence-corrected chi connectivity index (χ2v) is 1.65. The molecule has 0 spiro atoms. The lowest BCUT2D eigenvalue weighted by atomic mass is 10.6. The molecular formula is C4H6N3O2. The molecule has 5 nitrogen and oxygen atoms in total. The van der Waals surface area contributed by atoms with Crippen molar-refractivity contribution in [2.45, 2.75) is 0 Å². The Hall–Kier alpha value is -1.10. The van der Waals surface area contributed by atoms with E-state index in [2.05, 4.69) is 11.5 Å². The van der Waals surface area contributed by atoms with Crippen molar-refractivity contribution < 1.29 is 4.92 Å². The van der Waals surface area contributed by atoms with Crippen LogP contribution in [0.15, 0.2) is 5.82 Å². The maximum absolute atomic E-state index is 10.0. The van der Waals surface area contributed by atoms with Crippen molar-refractivity contribution in [2.75, 3.05) is 13.6 Å². The van der Waals surface area contributed by atoms with Gasteiger partial charge in [0, 0.05) is 0 Å². The van der Waals surface area contributed by atoms with Gasteiger partial charge in [-0.15, -0.1) is 0 Å². The average Bonchev–Trinajstić information content (AvgIpc) is 2.13. The molecule has 0 bridgehead atoms. The Kier molecular flexibility index (Phi) is 1.35. The summed E-state index contributed by atoms with van der Waals surface area (Å²) in [6, 6.07) is 0. The lowest BCUT2D eigenvalue weighted by Crippen LogP contribution is -2.29. The van der Waals surface area contributed by atoms with E-state index >= 15 is 0 Å². The minimum absolute atomic E-state index is 0.00463. The molecule has 1 rings (SSSR count). The molecule has 1 heterocycles. The molecule has 0 amide bonds. The molecule has 0 atom stereocenters. The number of nitrogens with zero attached hydrogens (tertiary/aromatic N) is 2. The van der Waals surface area contributed by atoms with Gasteiger partial charge in [0.2, 0.25) is 0 Å². The zero-order valence-electron chi connectivity index (χ0n) is 4.92. The summed E-state index contributed by atoms with van der Waals surface area (Å²) in [7, 11) is 1.58. The van der Waals surface area contributed by atoms with Crippen molar-refractivity contribution in [3.8, 4) is 0 Å².